The van der Waals surface area contributed by atoms with Crippen LogP contribution in [0.5, 0.6) is 0 Å². The molecular weight excluding hydrogens is 172 g/mol. The zero-order valence-electron chi connectivity index (χ0n) is 7.98. The molecule has 0 aromatic heterocycles. The van der Waals surface area contributed by atoms with Gasteiger partial charge in [-0.2, -0.15) is 0 Å². The van der Waals surface area contributed by atoms with Crippen molar-refractivity contribution in [1.29, 1.82) is 0 Å². The summed E-state index contributed by atoms with van der Waals surface area (Å²) in [5.74, 6) is 0.961. The van der Waals surface area contributed by atoms with Gasteiger partial charge in [-0.1, -0.05) is 32.4 Å². The Morgan fingerprint density at radius 1 is 1.50 bits per heavy atom. The highest BCUT2D eigenvalue weighted by Crippen LogP contribution is 2.20. The van der Waals surface area contributed by atoms with Gasteiger partial charge in [0.05, 0.1) is 0 Å². The fraction of sp³-hybridized carbons (Fsp3) is 0.667. The maximum Gasteiger partial charge on any atom is 0.145 e. The number of aliphatic imine (C=N–C) groups is 1. The minimum atomic E-state index is -0.208. The van der Waals surface area contributed by atoms with Crippen molar-refractivity contribution in [1.82, 2.24) is 5.32 Å². The molecule has 1 aliphatic heterocycles. The average Bonchev–Trinajstić information content (AvgIpc) is 1.82. The second-order valence-corrected chi connectivity index (χ2v) is 4.52. The molecule has 12 heavy (non-hydrogen) atoms. The number of hydrogen-bond acceptors (Lipinski definition) is 2. The van der Waals surface area contributed by atoms with Gasteiger partial charge >= 0.3 is 0 Å². The molecule has 1 N–H and O–H groups in total. The van der Waals surface area contributed by atoms with E-state index in [1.54, 1.807) is 0 Å². The van der Waals surface area contributed by atoms with Crippen LogP contribution in [0.4, 0.5) is 0 Å². The zero-order chi connectivity index (χ0) is 9.35. The van der Waals surface area contributed by atoms with Gasteiger partial charge in [-0.25, -0.2) is 4.99 Å². The Labute approximate surface area is 78.7 Å². The lowest BCUT2D eigenvalue weighted by atomic mass is 9.94. The van der Waals surface area contributed by atoms with Crippen LogP contribution in [0.25, 0.3) is 0 Å². The Morgan fingerprint density at radius 3 is 2.50 bits per heavy atom. The number of halogens is 1. The number of nitrogens with one attached hydrogen (secondary N) is 1. The fourth-order valence-electron chi connectivity index (χ4n) is 1.01. The van der Waals surface area contributed by atoms with Crippen LogP contribution in [0.2, 0.25) is 0 Å². The van der Waals surface area contributed by atoms with E-state index in [4.69, 9.17) is 11.6 Å². The fourth-order valence-corrected chi connectivity index (χ4v) is 1.30. The van der Waals surface area contributed by atoms with Gasteiger partial charge in [0.15, 0.2) is 0 Å². The number of rotatable bonds is 0. The predicted molar refractivity (Wildman–Crippen MR) is 53.4 cm³/mol. The summed E-state index contributed by atoms with van der Waals surface area (Å²) in [4.78, 5) is 4.30. The van der Waals surface area contributed by atoms with Crippen molar-refractivity contribution in [3.8, 4) is 0 Å². The number of hydrogen-bond donors (Lipinski definition) is 1. The standard InChI is InChI=1S/C9H15ClN2/c1-6-5-7(10)12-8(11-6)9(2,3)4/h5,7H,1-4H3,(H,11,12). The molecule has 0 saturated heterocycles. The number of alkyl halides is 1. The van der Waals surface area contributed by atoms with Crippen molar-refractivity contribution >= 4 is 17.4 Å². The molecule has 0 aromatic carbocycles. The Balaban J connectivity index is 2.83. The molecule has 1 heterocycles. The second-order valence-electron chi connectivity index (χ2n) is 4.08. The van der Waals surface area contributed by atoms with E-state index in [0.29, 0.717) is 0 Å². The first kappa shape index (κ1) is 9.59. The van der Waals surface area contributed by atoms with Crippen molar-refractivity contribution in [2.45, 2.75) is 33.2 Å². The Kier molecular flexibility index (Phi) is 2.47. The summed E-state index contributed by atoms with van der Waals surface area (Å²) in [7, 11) is 0. The van der Waals surface area contributed by atoms with Gasteiger partial charge in [-0.05, 0) is 13.0 Å². The van der Waals surface area contributed by atoms with Crippen LogP contribution in [0, 0.1) is 5.41 Å². The first-order chi connectivity index (χ1) is 5.39. The molecule has 2 nitrogen and oxygen atoms in total. The monoisotopic (exact) mass is 186 g/mol. The van der Waals surface area contributed by atoms with Crippen LogP contribution >= 0.6 is 11.6 Å². The maximum atomic E-state index is 5.91. The highest BCUT2D eigenvalue weighted by molar-refractivity contribution is 6.22. The van der Waals surface area contributed by atoms with Crippen molar-refractivity contribution < 1.29 is 0 Å². The van der Waals surface area contributed by atoms with Crippen LogP contribution in [-0.4, -0.2) is 11.3 Å². The molecule has 1 aliphatic rings. The minimum absolute atomic E-state index is 0.0443. The van der Waals surface area contributed by atoms with Crippen LogP contribution in [0.15, 0.2) is 16.8 Å². The highest BCUT2D eigenvalue weighted by Gasteiger charge is 2.22. The van der Waals surface area contributed by atoms with Gasteiger partial charge in [0.25, 0.3) is 0 Å². The summed E-state index contributed by atoms with van der Waals surface area (Å²) in [5.41, 5.74) is 0.915. The molecule has 3 heteroatoms. The maximum absolute atomic E-state index is 5.91. The van der Waals surface area contributed by atoms with Gasteiger partial charge in [0.1, 0.15) is 11.3 Å². The molecule has 0 amide bonds. The van der Waals surface area contributed by atoms with E-state index in [2.05, 4.69) is 31.1 Å². The average molecular weight is 187 g/mol. The van der Waals surface area contributed by atoms with Gasteiger partial charge in [-0.15, -0.1) is 0 Å². The second kappa shape index (κ2) is 3.09. The van der Waals surface area contributed by atoms with Gasteiger partial charge in [0.2, 0.25) is 0 Å². The molecule has 0 aromatic rings. The molecule has 0 bridgehead atoms. The van der Waals surface area contributed by atoms with Crippen LogP contribution in [0.3, 0.4) is 0 Å². The molecule has 1 atom stereocenters. The third-order valence-corrected chi connectivity index (χ3v) is 1.89. The summed E-state index contributed by atoms with van der Waals surface area (Å²) in [6, 6.07) is 0. The van der Waals surface area contributed by atoms with E-state index < -0.39 is 0 Å². The van der Waals surface area contributed by atoms with E-state index >= 15 is 0 Å². The third kappa shape index (κ3) is 2.24. The summed E-state index contributed by atoms with van der Waals surface area (Å²) in [5, 5.41) is 3.21. The predicted octanol–water partition coefficient (Wildman–Crippen LogP) is 2.50. The summed E-state index contributed by atoms with van der Waals surface area (Å²) >= 11 is 5.91. The van der Waals surface area contributed by atoms with Gasteiger partial charge in [0, 0.05) is 11.1 Å². The van der Waals surface area contributed by atoms with Crippen LogP contribution in [0.1, 0.15) is 27.7 Å². The van der Waals surface area contributed by atoms with Crippen molar-refractivity contribution in [3.63, 3.8) is 0 Å². The normalized spacial score (nSPS) is 24.2. The minimum Gasteiger partial charge on any atom is -0.348 e. The van der Waals surface area contributed by atoms with E-state index in [9.17, 15) is 0 Å². The number of amidine groups is 1. The molecule has 0 radical (unpaired) electrons. The summed E-state index contributed by atoms with van der Waals surface area (Å²) in [6.45, 7) is 8.33. The number of allylic oxidation sites excluding steroid dienone is 1. The first-order valence-corrected chi connectivity index (χ1v) is 4.51. The molecule has 0 spiro atoms. The highest BCUT2D eigenvalue weighted by atomic mass is 35.5. The smallest absolute Gasteiger partial charge is 0.145 e. The van der Waals surface area contributed by atoms with Crippen molar-refractivity contribution in [2.75, 3.05) is 0 Å². The summed E-state index contributed by atoms with van der Waals surface area (Å²) in [6.07, 6.45) is 1.90. The molecular formula is C9H15ClN2. The lowest BCUT2D eigenvalue weighted by molar-refractivity contribution is 0.565. The Bertz CT molecular complexity index is 235. The molecule has 0 aliphatic carbocycles. The molecule has 1 unspecified atom stereocenters. The first-order valence-electron chi connectivity index (χ1n) is 4.07. The Hall–Kier alpha value is -0.500. The van der Waals surface area contributed by atoms with E-state index in [0.717, 1.165) is 11.5 Å². The largest absolute Gasteiger partial charge is 0.348 e. The quantitative estimate of drug-likeness (QED) is 0.456. The lowest BCUT2D eigenvalue weighted by Gasteiger charge is -2.26. The van der Waals surface area contributed by atoms with Gasteiger partial charge < -0.3 is 5.32 Å². The topological polar surface area (TPSA) is 24.4 Å². The van der Waals surface area contributed by atoms with Crippen LogP contribution < -0.4 is 5.32 Å². The van der Waals surface area contributed by atoms with Crippen molar-refractivity contribution in [3.05, 3.63) is 11.8 Å². The van der Waals surface area contributed by atoms with Crippen LogP contribution in [-0.2, 0) is 0 Å². The molecule has 0 fully saturated rings. The van der Waals surface area contributed by atoms with E-state index in [-0.39, 0.29) is 10.9 Å². The van der Waals surface area contributed by atoms with Gasteiger partial charge in [-0.3, -0.25) is 0 Å². The molecule has 68 valence electrons. The third-order valence-electron chi connectivity index (χ3n) is 1.67. The molecule has 1 rings (SSSR count). The molecule has 0 saturated carbocycles. The zero-order valence-corrected chi connectivity index (χ0v) is 8.74. The summed E-state index contributed by atoms with van der Waals surface area (Å²) < 4.78 is 0. The van der Waals surface area contributed by atoms with E-state index in [1.807, 2.05) is 13.0 Å². The van der Waals surface area contributed by atoms with E-state index in [1.165, 1.54) is 0 Å². The Morgan fingerprint density at radius 2 is 2.08 bits per heavy atom. The lowest BCUT2D eigenvalue weighted by Crippen LogP contribution is -2.37. The number of nitrogens with zero attached hydrogens (tertiary/aromatic N) is 1. The SMILES string of the molecule is CC1=CC(Cl)N=C(C(C)(C)C)N1. The van der Waals surface area contributed by atoms with Crippen molar-refractivity contribution in [2.24, 2.45) is 10.4 Å².